The number of aliphatic imine (C=N–C) groups is 1. The molecule has 0 saturated carbocycles. The molecule has 1 aromatic heterocycles. The van der Waals surface area contributed by atoms with E-state index in [2.05, 4.69) is 35.8 Å². The Balaban J connectivity index is 1.58. The minimum absolute atomic E-state index is 0.221. The zero-order valence-corrected chi connectivity index (χ0v) is 14.7. The van der Waals surface area contributed by atoms with E-state index in [1.807, 2.05) is 4.90 Å². The van der Waals surface area contributed by atoms with Crippen LogP contribution in [0.1, 0.15) is 5.56 Å². The van der Waals surface area contributed by atoms with Crippen molar-refractivity contribution >= 4 is 27.8 Å². The van der Waals surface area contributed by atoms with Gasteiger partial charge in [-0.15, -0.1) is 0 Å². The summed E-state index contributed by atoms with van der Waals surface area (Å²) in [4.78, 5) is 16.9. The second-order valence-electron chi connectivity index (χ2n) is 5.43. The maximum atomic E-state index is 13.7. The molecule has 0 aliphatic carbocycles. The molecule has 3 rings (SSSR count). The summed E-state index contributed by atoms with van der Waals surface area (Å²) in [5.41, 5.74) is 6.58. The highest BCUT2D eigenvalue weighted by atomic mass is 79.9. The molecule has 0 amide bonds. The van der Waals surface area contributed by atoms with Crippen LogP contribution in [-0.4, -0.2) is 47.0 Å². The van der Waals surface area contributed by atoms with E-state index in [0.717, 1.165) is 36.6 Å². The van der Waals surface area contributed by atoms with Gasteiger partial charge in [0.15, 0.2) is 5.96 Å². The summed E-state index contributed by atoms with van der Waals surface area (Å²) in [7, 11) is 0. The molecule has 0 bridgehead atoms. The van der Waals surface area contributed by atoms with Crippen molar-refractivity contribution in [1.29, 1.82) is 0 Å². The summed E-state index contributed by atoms with van der Waals surface area (Å²) in [6.07, 6.45) is 3.47. The lowest BCUT2D eigenvalue weighted by molar-refractivity contribution is 0.378. The van der Waals surface area contributed by atoms with Gasteiger partial charge in [0.05, 0.1) is 6.54 Å². The van der Waals surface area contributed by atoms with Gasteiger partial charge in [-0.05, 0) is 24.3 Å². The summed E-state index contributed by atoms with van der Waals surface area (Å²) >= 11 is 3.33. The Kier molecular flexibility index (Phi) is 5.24. The van der Waals surface area contributed by atoms with Gasteiger partial charge in [0.2, 0.25) is 5.95 Å². The predicted octanol–water partition coefficient (Wildman–Crippen LogP) is 2.02. The number of halogens is 2. The zero-order chi connectivity index (χ0) is 16.9. The molecule has 8 heteroatoms. The molecule has 1 saturated heterocycles. The van der Waals surface area contributed by atoms with Crippen LogP contribution in [0.3, 0.4) is 0 Å². The van der Waals surface area contributed by atoms with Crippen LogP contribution in [0.5, 0.6) is 0 Å². The maximum Gasteiger partial charge on any atom is 0.225 e. The number of hydrogen-bond acceptors (Lipinski definition) is 4. The van der Waals surface area contributed by atoms with Crippen molar-refractivity contribution < 1.29 is 4.39 Å². The van der Waals surface area contributed by atoms with Gasteiger partial charge in [0.25, 0.3) is 0 Å². The van der Waals surface area contributed by atoms with Crippen LogP contribution in [-0.2, 0) is 6.54 Å². The van der Waals surface area contributed by atoms with Gasteiger partial charge in [-0.2, -0.15) is 0 Å². The molecule has 1 aromatic carbocycles. The van der Waals surface area contributed by atoms with Gasteiger partial charge in [-0.1, -0.05) is 15.9 Å². The molecule has 0 radical (unpaired) electrons. The number of benzene rings is 1. The second-order valence-corrected chi connectivity index (χ2v) is 6.35. The molecule has 2 aromatic rings. The Morgan fingerprint density at radius 2 is 1.92 bits per heavy atom. The Bertz CT molecular complexity index is 716. The van der Waals surface area contributed by atoms with Crippen molar-refractivity contribution in [1.82, 2.24) is 14.9 Å². The number of nitrogens with zero attached hydrogens (tertiary/aromatic N) is 5. The zero-order valence-electron chi connectivity index (χ0n) is 13.1. The van der Waals surface area contributed by atoms with Crippen molar-refractivity contribution in [3.63, 3.8) is 0 Å². The Hall–Kier alpha value is -2.22. The largest absolute Gasteiger partial charge is 0.370 e. The number of anilines is 1. The van der Waals surface area contributed by atoms with Gasteiger partial charge in [0, 0.05) is 48.6 Å². The smallest absolute Gasteiger partial charge is 0.225 e. The lowest BCUT2D eigenvalue weighted by Gasteiger charge is -2.35. The van der Waals surface area contributed by atoms with E-state index >= 15 is 0 Å². The fourth-order valence-electron chi connectivity index (χ4n) is 2.52. The van der Waals surface area contributed by atoms with Crippen LogP contribution < -0.4 is 10.6 Å². The molecule has 1 aliphatic heterocycles. The van der Waals surface area contributed by atoms with E-state index in [0.29, 0.717) is 11.5 Å². The summed E-state index contributed by atoms with van der Waals surface area (Å²) in [6, 6.07) is 6.60. The minimum Gasteiger partial charge on any atom is -0.370 e. The molecule has 0 unspecified atom stereocenters. The third-order valence-electron chi connectivity index (χ3n) is 3.86. The molecule has 6 nitrogen and oxygen atoms in total. The number of rotatable bonds is 3. The molecule has 0 atom stereocenters. The molecule has 24 heavy (non-hydrogen) atoms. The molecule has 1 fully saturated rings. The first-order valence-corrected chi connectivity index (χ1v) is 8.43. The number of hydrogen-bond donors (Lipinski definition) is 1. The Morgan fingerprint density at radius 1 is 1.21 bits per heavy atom. The van der Waals surface area contributed by atoms with Crippen LogP contribution in [0.4, 0.5) is 10.3 Å². The monoisotopic (exact) mass is 392 g/mol. The highest BCUT2D eigenvalue weighted by Gasteiger charge is 2.19. The van der Waals surface area contributed by atoms with E-state index in [1.54, 1.807) is 30.6 Å². The van der Waals surface area contributed by atoms with Gasteiger partial charge < -0.3 is 15.5 Å². The number of piperazine rings is 1. The van der Waals surface area contributed by atoms with Gasteiger partial charge in [0.1, 0.15) is 5.82 Å². The van der Waals surface area contributed by atoms with Crippen LogP contribution in [0, 0.1) is 5.82 Å². The van der Waals surface area contributed by atoms with Gasteiger partial charge >= 0.3 is 0 Å². The second kappa shape index (κ2) is 7.57. The van der Waals surface area contributed by atoms with E-state index in [1.165, 1.54) is 6.07 Å². The average Bonchev–Trinajstić information content (AvgIpc) is 2.63. The normalized spacial score (nSPS) is 15.7. The van der Waals surface area contributed by atoms with E-state index in [9.17, 15) is 4.39 Å². The van der Waals surface area contributed by atoms with Crippen molar-refractivity contribution in [3.05, 3.63) is 52.5 Å². The molecule has 2 N–H and O–H groups in total. The first-order valence-electron chi connectivity index (χ1n) is 7.64. The third kappa shape index (κ3) is 4.00. The lowest BCUT2D eigenvalue weighted by atomic mass is 10.2. The van der Waals surface area contributed by atoms with Crippen LogP contribution in [0.15, 0.2) is 46.1 Å². The van der Waals surface area contributed by atoms with Crippen molar-refractivity contribution in [2.75, 3.05) is 31.1 Å². The predicted molar refractivity (Wildman–Crippen MR) is 95.2 cm³/mol. The van der Waals surface area contributed by atoms with Crippen LogP contribution in [0.2, 0.25) is 0 Å². The quantitative estimate of drug-likeness (QED) is 0.638. The molecular formula is C16H18BrFN6. The fourth-order valence-corrected chi connectivity index (χ4v) is 2.93. The SMILES string of the molecule is NC(=NCc1cc(Br)ccc1F)N1CCN(c2ncccn2)CC1. The van der Waals surface area contributed by atoms with Gasteiger partial charge in [-0.3, -0.25) is 0 Å². The third-order valence-corrected chi connectivity index (χ3v) is 4.35. The molecule has 0 spiro atoms. The molecule has 126 valence electrons. The first-order chi connectivity index (χ1) is 11.6. The summed E-state index contributed by atoms with van der Waals surface area (Å²) in [5, 5.41) is 0. The molecule has 1 aliphatic rings. The Morgan fingerprint density at radius 3 is 2.62 bits per heavy atom. The standard InChI is InChI=1S/C16H18BrFN6/c17-13-2-3-14(18)12(10-13)11-22-15(19)23-6-8-24(9-7-23)16-20-4-1-5-21-16/h1-5,10H,6-9,11H2,(H2,19,22). The molecule has 2 heterocycles. The minimum atomic E-state index is -0.277. The average molecular weight is 393 g/mol. The number of nitrogens with two attached hydrogens (primary N) is 1. The highest BCUT2D eigenvalue weighted by Crippen LogP contribution is 2.16. The number of aromatic nitrogens is 2. The van der Waals surface area contributed by atoms with Crippen molar-refractivity contribution in [2.24, 2.45) is 10.7 Å². The van der Waals surface area contributed by atoms with E-state index in [4.69, 9.17) is 5.73 Å². The summed E-state index contributed by atoms with van der Waals surface area (Å²) in [5.74, 6) is 0.882. The van der Waals surface area contributed by atoms with Crippen molar-refractivity contribution in [2.45, 2.75) is 6.54 Å². The van der Waals surface area contributed by atoms with E-state index < -0.39 is 0 Å². The van der Waals surface area contributed by atoms with Crippen LogP contribution >= 0.6 is 15.9 Å². The van der Waals surface area contributed by atoms with Crippen molar-refractivity contribution in [3.8, 4) is 0 Å². The highest BCUT2D eigenvalue weighted by molar-refractivity contribution is 9.10. The van der Waals surface area contributed by atoms with Crippen LogP contribution in [0.25, 0.3) is 0 Å². The first kappa shape index (κ1) is 16.6. The Labute approximate surface area is 148 Å². The number of guanidine groups is 1. The molecular weight excluding hydrogens is 375 g/mol. The topological polar surface area (TPSA) is 70.6 Å². The fraction of sp³-hybridized carbons (Fsp3) is 0.312. The van der Waals surface area contributed by atoms with Gasteiger partial charge in [-0.25, -0.2) is 19.4 Å². The lowest BCUT2D eigenvalue weighted by Crippen LogP contribution is -2.51. The summed E-state index contributed by atoms with van der Waals surface area (Å²) in [6.45, 7) is 3.22. The maximum absolute atomic E-state index is 13.7. The summed E-state index contributed by atoms with van der Waals surface area (Å²) < 4.78 is 14.6. The van der Waals surface area contributed by atoms with E-state index in [-0.39, 0.29) is 12.4 Å².